The molecule has 0 unspecified atom stereocenters. The SMILES string of the molecule is C#CCCNc1nc(Cl)nc(OC)n1. The van der Waals surface area contributed by atoms with Gasteiger partial charge in [0.25, 0.3) is 0 Å². The van der Waals surface area contributed by atoms with E-state index in [0.29, 0.717) is 18.9 Å². The summed E-state index contributed by atoms with van der Waals surface area (Å²) in [6.45, 7) is 0.583. The molecule has 0 saturated carbocycles. The standard InChI is InChI=1S/C8H9ClN4O/c1-3-4-5-10-7-11-6(9)12-8(13-7)14-2/h1H,4-5H2,2H3,(H,10,11,12,13). The van der Waals surface area contributed by atoms with Crippen molar-refractivity contribution >= 4 is 17.5 Å². The van der Waals surface area contributed by atoms with Crippen LogP contribution in [0.2, 0.25) is 5.28 Å². The average molecular weight is 213 g/mol. The molecule has 0 saturated heterocycles. The van der Waals surface area contributed by atoms with Gasteiger partial charge >= 0.3 is 6.01 Å². The molecule has 0 fully saturated rings. The van der Waals surface area contributed by atoms with Crippen LogP contribution in [0.3, 0.4) is 0 Å². The van der Waals surface area contributed by atoms with Gasteiger partial charge in [0.2, 0.25) is 11.2 Å². The number of anilines is 1. The predicted octanol–water partition coefficient (Wildman–Crippen LogP) is 0.969. The molecule has 0 aliphatic carbocycles. The van der Waals surface area contributed by atoms with Crippen LogP contribution in [0.4, 0.5) is 5.95 Å². The second-order valence-corrected chi connectivity index (χ2v) is 2.63. The molecule has 6 heteroatoms. The molecule has 14 heavy (non-hydrogen) atoms. The number of hydrogen-bond donors (Lipinski definition) is 1. The molecule has 0 amide bonds. The minimum atomic E-state index is 0.0834. The Morgan fingerprint density at radius 2 is 2.29 bits per heavy atom. The molecule has 0 aliphatic rings. The van der Waals surface area contributed by atoms with E-state index in [2.05, 4.69) is 26.2 Å². The summed E-state index contributed by atoms with van der Waals surface area (Å²) in [5.41, 5.74) is 0. The fourth-order valence-corrected chi connectivity index (χ4v) is 0.901. The summed E-state index contributed by atoms with van der Waals surface area (Å²) < 4.78 is 4.81. The third kappa shape index (κ3) is 3.07. The summed E-state index contributed by atoms with van der Waals surface area (Å²) in [4.78, 5) is 11.5. The molecular weight excluding hydrogens is 204 g/mol. The molecule has 0 spiro atoms. The third-order valence-electron chi connectivity index (χ3n) is 1.32. The monoisotopic (exact) mass is 212 g/mol. The van der Waals surface area contributed by atoms with Crippen LogP contribution in [0, 0.1) is 12.3 Å². The van der Waals surface area contributed by atoms with Crippen molar-refractivity contribution in [3.63, 3.8) is 0 Å². The van der Waals surface area contributed by atoms with Crippen LogP contribution < -0.4 is 10.1 Å². The summed E-state index contributed by atoms with van der Waals surface area (Å²) in [7, 11) is 1.46. The molecule has 1 aromatic heterocycles. The Labute approximate surface area is 86.9 Å². The number of nitrogens with one attached hydrogen (secondary N) is 1. The number of nitrogens with zero attached hydrogens (tertiary/aromatic N) is 3. The molecule has 5 nitrogen and oxygen atoms in total. The van der Waals surface area contributed by atoms with Gasteiger partial charge in [-0.1, -0.05) is 0 Å². The Balaban J connectivity index is 2.67. The summed E-state index contributed by atoms with van der Waals surface area (Å²) in [6.07, 6.45) is 5.67. The quantitative estimate of drug-likeness (QED) is 0.595. The first kappa shape index (κ1) is 10.5. The van der Waals surface area contributed by atoms with Gasteiger partial charge in [0.05, 0.1) is 7.11 Å². The van der Waals surface area contributed by atoms with Crippen molar-refractivity contribution in [3.8, 4) is 18.4 Å². The van der Waals surface area contributed by atoms with Gasteiger partial charge in [-0.25, -0.2) is 0 Å². The lowest BCUT2D eigenvalue weighted by molar-refractivity contribution is 0.379. The zero-order valence-electron chi connectivity index (χ0n) is 7.62. The van der Waals surface area contributed by atoms with Crippen LogP contribution in [0.1, 0.15) is 6.42 Å². The lowest BCUT2D eigenvalue weighted by atomic mass is 10.4. The van der Waals surface area contributed by atoms with E-state index < -0.39 is 0 Å². The maximum Gasteiger partial charge on any atom is 0.322 e. The van der Waals surface area contributed by atoms with Gasteiger partial charge in [-0.3, -0.25) is 0 Å². The van der Waals surface area contributed by atoms with E-state index in [4.69, 9.17) is 22.8 Å². The Hall–Kier alpha value is -1.54. The van der Waals surface area contributed by atoms with E-state index in [0.717, 1.165) is 0 Å². The minimum Gasteiger partial charge on any atom is -0.467 e. The van der Waals surface area contributed by atoms with Gasteiger partial charge in [0.1, 0.15) is 0 Å². The summed E-state index contributed by atoms with van der Waals surface area (Å²) in [5.74, 6) is 2.84. The van der Waals surface area contributed by atoms with Crippen LogP contribution in [0.15, 0.2) is 0 Å². The number of aromatic nitrogens is 3. The molecule has 0 radical (unpaired) electrons. The maximum absolute atomic E-state index is 5.62. The lowest BCUT2D eigenvalue weighted by Gasteiger charge is -2.03. The van der Waals surface area contributed by atoms with Crippen LogP contribution in [-0.4, -0.2) is 28.6 Å². The summed E-state index contributed by atoms with van der Waals surface area (Å²) in [6, 6.07) is 0.174. The van der Waals surface area contributed by atoms with Gasteiger partial charge in [-0.2, -0.15) is 15.0 Å². The Morgan fingerprint density at radius 3 is 2.93 bits per heavy atom. The molecule has 1 heterocycles. The fourth-order valence-electron chi connectivity index (χ4n) is 0.749. The Kier molecular flexibility index (Phi) is 3.95. The van der Waals surface area contributed by atoms with Gasteiger partial charge in [0.15, 0.2) is 0 Å². The van der Waals surface area contributed by atoms with Crippen molar-refractivity contribution in [1.82, 2.24) is 15.0 Å². The van der Waals surface area contributed by atoms with E-state index in [1.54, 1.807) is 0 Å². The number of methoxy groups -OCH3 is 1. The Bertz CT molecular complexity index is 350. The van der Waals surface area contributed by atoms with E-state index in [1.165, 1.54) is 7.11 Å². The molecule has 0 aliphatic heterocycles. The van der Waals surface area contributed by atoms with Crippen molar-refractivity contribution in [2.45, 2.75) is 6.42 Å². The Morgan fingerprint density at radius 1 is 1.50 bits per heavy atom. The summed E-state index contributed by atoms with van der Waals surface area (Å²) in [5, 5.41) is 2.98. The number of hydrogen-bond acceptors (Lipinski definition) is 5. The highest BCUT2D eigenvalue weighted by atomic mass is 35.5. The van der Waals surface area contributed by atoms with Crippen LogP contribution >= 0.6 is 11.6 Å². The highest BCUT2D eigenvalue weighted by molar-refractivity contribution is 6.28. The number of rotatable bonds is 4. The molecular formula is C8H9ClN4O. The van der Waals surface area contributed by atoms with Gasteiger partial charge in [0, 0.05) is 13.0 Å². The van der Waals surface area contributed by atoms with Crippen LogP contribution in [0.5, 0.6) is 6.01 Å². The second-order valence-electron chi connectivity index (χ2n) is 2.30. The number of ether oxygens (including phenoxy) is 1. The number of halogens is 1. The normalized spacial score (nSPS) is 9.21. The zero-order chi connectivity index (χ0) is 10.4. The van der Waals surface area contributed by atoms with E-state index in [9.17, 15) is 0 Å². The molecule has 74 valence electrons. The van der Waals surface area contributed by atoms with Crippen molar-refractivity contribution in [2.75, 3.05) is 19.0 Å². The van der Waals surface area contributed by atoms with Gasteiger partial charge in [-0.05, 0) is 11.6 Å². The maximum atomic E-state index is 5.62. The zero-order valence-corrected chi connectivity index (χ0v) is 8.38. The molecule has 0 atom stereocenters. The van der Waals surface area contributed by atoms with E-state index >= 15 is 0 Å². The van der Waals surface area contributed by atoms with Crippen molar-refractivity contribution in [1.29, 1.82) is 0 Å². The first-order valence-corrected chi connectivity index (χ1v) is 4.27. The van der Waals surface area contributed by atoms with Gasteiger partial charge in [-0.15, -0.1) is 12.3 Å². The lowest BCUT2D eigenvalue weighted by Crippen LogP contribution is -2.06. The smallest absolute Gasteiger partial charge is 0.322 e. The molecule has 0 aromatic carbocycles. The third-order valence-corrected chi connectivity index (χ3v) is 1.49. The highest BCUT2D eigenvalue weighted by Gasteiger charge is 2.03. The highest BCUT2D eigenvalue weighted by Crippen LogP contribution is 2.10. The first-order valence-electron chi connectivity index (χ1n) is 3.89. The van der Waals surface area contributed by atoms with Crippen molar-refractivity contribution < 1.29 is 4.74 Å². The molecule has 1 N–H and O–H groups in total. The molecule has 0 bridgehead atoms. The molecule has 1 rings (SSSR count). The van der Waals surface area contributed by atoms with Gasteiger partial charge < -0.3 is 10.1 Å². The second kappa shape index (κ2) is 5.25. The molecule has 1 aromatic rings. The van der Waals surface area contributed by atoms with Crippen LogP contribution in [-0.2, 0) is 0 Å². The fraction of sp³-hybridized carbons (Fsp3) is 0.375. The van der Waals surface area contributed by atoms with Crippen molar-refractivity contribution in [2.24, 2.45) is 0 Å². The van der Waals surface area contributed by atoms with E-state index in [-0.39, 0.29) is 11.3 Å². The largest absolute Gasteiger partial charge is 0.467 e. The average Bonchev–Trinajstić information content (AvgIpc) is 2.17. The first-order chi connectivity index (χ1) is 6.76. The number of terminal acetylenes is 1. The minimum absolute atomic E-state index is 0.0834. The summed E-state index contributed by atoms with van der Waals surface area (Å²) >= 11 is 5.62. The predicted molar refractivity (Wildman–Crippen MR) is 53.3 cm³/mol. The topological polar surface area (TPSA) is 59.9 Å². The van der Waals surface area contributed by atoms with E-state index in [1.807, 2.05) is 0 Å². The van der Waals surface area contributed by atoms with Crippen LogP contribution in [0.25, 0.3) is 0 Å². The van der Waals surface area contributed by atoms with Crippen molar-refractivity contribution in [3.05, 3.63) is 5.28 Å².